The Kier molecular flexibility index (Phi) is 15.3. The van der Waals surface area contributed by atoms with E-state index in [9.17, 15) is 4.79 Å². The number of rotatable bonds is 13. The number of benzene rings is 1. The molecule has 0 atom stereocenters. The van der Waals surface area contributed by atoms with Crippen LogP contribution in [0.3, 0.4) is 0 Å². The van der Waals surface area contributed by atoms with Gasteiger partial charge in [-0.1, -0.05) is 71.0 Å². The Morgan fingerprint density at radius 2 is 1.26 bits per heavy atom. The van der Waals surface area contributed by atoms with Gasteiger partial charge in [0.2, 0.25) is 0 Å². The average molecular weight is 399 g/mol. The van der Waals surface area contributed by atoms with E-state index < -0.39 is 5.97 Å². The summed E-state index contributed by atoms with van der Waals surface area (Å²) in [4.78, 5) is 10.3. The number of carboxylic acids is 1. The Labute approximate surface area is 172 Å². The lowest BCUT2D eigenvalue weighted by molar-refractivity contribution is -0.929. The fourth-order valence-corrected chi connectivity index (χ4v) is 3.46. The van der Waals surface area contributed by atoms with Crippen molar-refractivity contribution in [3.8, 4) is 0 Å². The van der Waals surface area contributed by atoms with Crippen LogP contribution in [-0.4, -0.2) is 41.7 Å². The third kappa shape index (κ3) is 12.1. The predicted molar refractivity (Wildman–Crippen MR) is 118 cm³/mol. The quantitative estimate of drug-likeness (QED) is 0.361. The summed E-state index contributed by atoms with van der Waals surface area (Å²) < 4.78 is 1.42. The van der Waals surface area contributed by atoms with Gasteiger partial charge in [0.05, 0.1) is 31.7 Å². The number of hydrogen-bond acceptors (Lipinski definition) is 1. The summed E-state index contributed by atoms with van der Waals surface area (Å²) in [7, 11) is 0. The van der Waals surface area contributed by atoms with Gasteiger partial charge in [0.1, 0.15) is 0 Å². The first-order valence-corrected chi connectivity index (χ1v) is 11.2. The van der Waals surface area contributed by atoms with Crippen LogP contribution in [0.25, 0.3) is 0 Å². The molecule has 1 aromatic rings. The zero-order chi connectivity index (χ0) is 20.5. The van der Waals surface area contributed by atoms with Crippen LogP contribution in [0.15, 0.2) is 24.3 Å². The SMILES string of the molecule is CCCC[N+](CCCC)(CCCC)CCCC.O=C(O)c1cccc(Cl)c1. The molecule has 0 radical (unpaired) electrons. The van der Waals surface area contributed by atoms with E-state index in [1.165, 1.54) is 94.2 Å². The molecule has 156 valence electrons. The highest BCUT2D eigenvalue weighted by atomic mass is 35.5. The predicted octanol–water partition coefficient (Wildman–Crippen LogP) is 7.04. The summed E-state index contributed by atoms with van der Waals surface area (Å²) >= 11 is 5.53. The number of unbranched alkanes of at least 4 members (excludes halogenated alkanes) is 4. The highest BCUT2D eigenvalue weighted by molar-refractivity contribution is 6.30. The van der Waals surface area contributed by atoms with Crippen LogP contribution in [0.4, 0.5) is 0 Å². The summed E-state index contributed by atoms with van der Waals surface area (Å²) in [5, 5.41) is 8.89. The number of nitrogens with zero attached hydrogens (tertiary/aromatic N) is 1. The maximum absolute atomic E-state index is 10.3. The van der Waals surface area contributed by atoms with Gasteiger partial charge in [0.25, 0.3) is 0 Å². The molecule has 0 unspecified atom stereocenters. The fraction of sp³-hybridized carbons (Fsp3) is 0.696. The van der Waals surface area contributed by atoms with E-state index in [1.54, 1.807) is 12.1 Å². The van der Waals surface area contributed by atoms with Crippen molar-refractivity contribution in [2.24, 2.45) is 0 Å². The summed E-state index contributed by atoms with van der Waals surface area (Å²) in [5.74, 6) is -0.956. The Balaban J connectivity index is 0.000000569. The molecule has 0 heterocycles. The van der Waals surface area contributed by atoms with E-state index >= 15 is 0 Å². The second-order valence-electron chi connectivity index (χ2n) is 7.47. The van der Waals surface area contributed by atoms with Crippen molar-refractivity contribution in [1.29, 1.82) is 0 Å². The minimum atomic E-state index is -0.956. The first kappa shape index (κ1) is 25.9. The van der Waals surface area contributed by atoms with Gasteiger partial charge < -0.3 is 9.59 Å². The van der Waals surface area contributed by atoms with Crippen molar-refractivity contribution in [1.82, 2.24) is 0 Å². The first-order valence-electron chi connectivity index (χ1n) is 10.8. The molecule has 1 aromatic carbocycles. The molecule has 0 fully saturated rings. The molecule has 0 aliphatic heterocycles. The number of carbonyl (C=O) groups is 1. The van der Waals surface area contributed by atoms with Crippen LogP contribution in [0.5, 0.6) is 0 Å². The lowest BCUT2D eigenvalue weighted by Crippen LogP contribution is -2.50. The van der Waals surface area contributed by atoms with Crippen LogP contribution >= 0.6 is 11.6 Å². The number of hydrogen-bond donors (Lipinski definition) is 1. The summed E-state index contributed by atoms with van der Waals surface area (Å²) in [6.45, 7) is 15.0. The number of aromatic carboxylic acids is 1. The maximum atomic E-state index is 10.3. The monoisotopic (exact) mass is 398 g/mol. The Morgan fingerprint density at radius 3 is 1.52 bits per heavy atom. The molecule has 0 aromatic heterocycles. The molecule has 0 aliphatic rings. The molecule has 0 aliphatic carbocycles. The van der Waals surface area contributed by atoms with Crippen molar-refractivity contribution < 1.29 is 14.4 Å². The molecule has 1 N–H and O–H groups in total. The highest BCUT2D eigenvalue weighted by Gasteiger charge is 2.24. The summed E-state index contributed by atoms with van der Waals surface area (Å²) in [5.41, 5.74) is 0.215. The third-order valence-electron chi connectivity index (χ3n) is 5.02. The largest absolute Gasteiger partial charge is 0.478 e. The van der Waals surface area contributed by atoms with Gasteiger partial charge in [-0.3, -0.25) is 0 Å². The van der Waals surface area contributed by atoms with Crippen LogP contribution < -0.4 is 0 Å². The van der Waals surface area contributed by atoms with E-state index in [4.69, 9.17) is 16.7 Å². The highest BCUT2D eigenvalue weighted by Crippen LogP contribution is 2.16. The van der Waals surface area contributed by atoms with Gasteiger partial charge >= 0.3 is 5.97 Å². The molecule has 0 saturated heterocycles. The molecule has 0 amide bonds. The molecule has 0 spiro atoms. The Morgan fingerprint density at radius 1 is 0.852 bits per heavy atom. The minimum absolute atomic E-state index is 0.215. The van der Waals surface area contributed by atoms with Crippen molar-refractivity contribution in [2.75, 3.05) is 26.2 Å². The average Bonchev–Trinajstić information content (AvgIpc) is 2.67. The molecule has 3 nitrogen and oxygen atoms in total. The van der Waals surface area contributed by atoms with Crippen molar-refractivity contribution >= 4 is 17.6 Å². The van der Waals surface area contributed by atoms with E-state index in [1.807, 2.05) is 0 Å². The molecule has 0 saturated carbocycles. The normalized spacial score (nSPS) is 11.0. The van der Waals surface area contributed by atoms with E-state index in [2.05, 4.69) is 27.7 Å². The number of quaternary nitrogens is 1. The standard InChI is InChI=1S/C16H36N.C7H5ClO2/c1-5-9-13-17(14-10-6-2,15-11-7-3)16-12-8-4;8-6-3-1-2-5(4-6)7(9)10/h5-16H2,1-4H3;1-4H,(H,9,10)/q+1;. The third-order valence-corrected chi connectivity index (χ3v) is 5.25. The number of carboxylic acid groups (broad SMARTS) is 1. The zero-order valence-electron chi connectivity index (χ0n) is 18.0. The van der Waals surface area contributed by atoms with Gasteiger partial charge in [-0.25, -0.2) is 4.79 Å². The first-order chi connectivity index (χ1) is 12.9. The minimum Gasteiger partial charge on any atom is -0.478 e. The smallest absolute Gasteiger partial charge is 0.335 e. The fourth-order valence-electron chi connectivity index (χ4n) is 3.27. The Hall–Kier alpha value is -1.06. The van der Waals surface area contributed by atoms with Gasteiger partial charge in [-0.05, 0) is 43.9 Å². The van der Waals surface area contributed by atoms with Gasteiger partial charge in [-0.15, -0.1) is 0 Å². The van der Waals surface area contributed by atoms with E-state index in [0.717, 1.165) is 0 Å². The summed E-state index contributed by atoms with van der Waals surface area (Å²) in [6, 6.07) is 6.14. The summed E-state index contributed by atoms with van der Waals surface area (Å²) in [6.07, 6.45) is 11.1. The van der Waals surface area contributed by atoms with Crippen LogP contribution in [-0.2, 0) is 0 Å². The van der Waals surface area contributed by atoms with E-state index in [0.29, 0.717) is 5.02 Å². The molecule has 1 rings (SSSR count). The van der Waals surface area contributed by atoms with Crippen LogP contribution in [0, 0.1) is 0 Å². The van der Waals surface area contributed by atoms with Crippen LogP contribution in [0.1, 0.15) is 89.4 Å². The van der Waals surface area contributed by atoms with Gasteiger partial charge in [0, 0.05) is 5.02 Å². The molecular weight excluding hydrogens is 358 g/mol. The van der Waals surface area contributed by atoms with Gasteiger partial charge in [-0.2, -0.15) is 0 Å². The van der Waals surface area contributed by atoms with Crippen molar-refractivity contribution in [3.63, 3.8) is 0 Å². The van der Waals surface area contributed by atoms with Gasteiger partial charge in [0.15, 0.2) is 0 Å². The molecule has 0 bridgehead atoms. The molecule has 27 heavy (non-hydrogen) atoms. The lowest BCUT2D eigenvalue weighted by atomic mass is 10.1. The maximum Gasteiger partial charge on any atom is 0.335 e. The Bertz CT molecular complexity index is 467. The van der Waals surface area contributed by atoms with Crippen molar-refractivity contribution in [3.05, 3.63) is 34.9 Å². The topological polar surface area (TPSA) is 37.3 Å². The second-order valence-corrected chi connectivity index (χ2v) is 7.90. The zero-order valence-corrected chi connectivity index (χ0v) is 18.7. The molecular formula is C23H41ClNO2+. The van der Waals surface area contributed by atoms with Crippen molar-refractivity contribution in [2.45, 2.75) is 79.1 Å². The second kappa shape index (κ2) is 15.9. The van der Waals surface area contributed by atoms with E-state index in [-0.39, 0.29) is 5.56 Å². The lowest BCUT2D eigenvalue weighted by Gasteiger charge is -2.39. The molecule has 4 heteroatoms. The van der Waals surface area contributed by atoms with Crippen LogP contribution in [0.2, 0.25) is 5.02 Å². The number of halogens is 1.